The highest BCUT2D eigenvalue weighted by Gasteiger charge is 2.10. The van der Waals surface area contributed by atoms with Crippen LogP contribution in [0.3, 0.4) is 0 Å². The normalized spacial score (nSPS) is 13.1. The van der Waals surface area contributed by atoms with E-state index in [1.807, 2.05) is 28.1 Å². The van der Waals surface area contributed by atoms with Crippen LogP contribution in [0.1, 0.15) is 13.3 Å². The first kappa shape index (κ1) is 12.4. The SMILES string of the molecule is CC(N)CC(=O)N(C)CCN(C)C. The summed E-state index contributed by atoms with van der Waals surface area (Å²) < 4.78 is 0. The summed E-state index contributed by atoms with van der Waals surface area (Å²) in [6.07, 6.45) is 0.434. The fourth-order valence-electron chi connectivity index (χ4n) is 0.906. The van der Waals surface area contributed by atoms with E-state index in [-0.39, 0.29) is 11.9 Å². The lowest BCUT2D eigenvalue weighted by atomic mass is 10.2. The third-order valence-electron chi connectivity index (χ3n) is 1.80. The van der Waals surface area contributed by atoms with E-state index >= 15 is 0 Å². The summed E-state index contributed by atoms with van der Waals surface area (Å²) in [5.74, 6) is 0.122. The molecule has 0 bridgehead atoms. The summed E-state index contributed by atoms with van der Waals surface area (Å²) in [4.78, 5) is 15.2. The molecule has 4 nitrogen and oxygen atoms in total. The van der Waals surface area contributed by atoms with Crippen molar-refractivity contribution in [3.8, 4) is 0 Å². The van der Waals surface area contributed by atoms with Crippen molar-refractivity contribution in [1.82, 2.24) is 9.80 Å². The van der Waals surface area contributed by atoms with E-state index in [9.17, 15) is 4.79 Å². The van der Waals surface area contributed by atoms with Gasteiger partial charge in [0, 0.05) is 32.6 Å². The number of likely N-dealkylation sites (N-methyl/N-ethyl adjacent to an activating group) is 2. The Balaban J connectivity index is 3.69. The molecule has 0 fully saturated rings. The van der Waals surface area contributed by atoms with Gasteiger partial charge in [0.15, 0.2) is 0 Å². The van der Waals surface area contributed by atoms with Gasteiger partial charge < -0.3 is 15.5 Å². The largest absolute Gasteiger partial charge is 0.344 e. The average Bonchev–Trinajstić information content (AvgIpc) is 1.98. The number of hydrogen-bond acceptors (Lipinski definition) is 3. The molecule has 0 radical (unpaired) electrons. The van der Waals surface area contributed by atoms with Crippen LogP contribution in [-0.2, 0) is 4.79 Å². The Labute approximate surface area is 80.7 Å². The van der Waals surface area contributed by atoms with Crippen LogP contribution in [0.25, 0.3) is 0 Å². The van der Waals surface area contributed by atoms with Crippen LogP contribution in [0.2, 0.25) is 0 Å². The summed E-state index contributed by atoms with van der Waals surface area (Å²) in [7, 11) is 5.79. The van der Waals surface area contributed by atoms with Gasteiger partial charge in [0.05, 0.1) is 0 Å². The molecule has 2 N–H and O–H groups in total. The highest BCUT2D eigenvalue weighted by atomic mass is 16.2. The van der Waals surface area contributed by atoms with Gasteiger partial charge in [-0.15, -0.1) is 0 Å². The second kappa shape index (κ2) is 5.94. The zero-order valence-corrected chi connectivity index (χ0v) is 9.08. The number of carbonyl (C=O) groups is 1. The molecule has 4 heteroatoms. The molecule has 78 valence electrons. The third kappa shape index (κ3) is 6.54. The lowest BCUT2D eigenvalue weighted by Crippen LogP contribution is -2.36. The van der Waals surface area contributed by atoms with Gasteiger partial charge in [0.2, 0.25) is 5.91 Å². The van der Waals surface area contributed by atoms with E-state index in [1.165, 1.54) is 0 Å². The second-order valence-corrected chi connectivity index (χ2v) is 3.80. The van der Waals surface area contributed by atoms with Gasteiger partial charge in [-0.1, -0.05) is 0 Å². The molecule has 0 aliphatic heterocycles. The van der Waals surface area contributed by atoms with Crippen molar-refractivity contribution in [2.75, 3.05) is 34.2 Å². The van der Waals surface area contributed by atoms with Crippen molar-refractivity contribution in [2.45, 2.75) is 19.4 Å². The van der Waals surface area contributed by atoms with Crippen LogP contribution in [0.5, 0.6) is 0 Å². The van der Waals surface area contributed by atoms with Crippen molar-refractivity contribution in [3.63, 3.8) is 0 Å². The zero-order chi connectivity index (χ0) is 10.4. The van der Waals surface area contributed by atoms with Crippen LogP contribution in [0.4, 0.5) is 0 Å². The highest BCUT2D eigenvalue weighted by molar-refractivity contribution is 5.76. The maximum Gasteiger partial charge on any atom is 0.223 e. The molecular weight excluding hydrogens is 166 g/mol. The molecule has 0 aromatic carbocycles. The summed E-state index contributed by atoms with van der Waals surface area (Å²) in [5, 5.41) is 0. The molecule has 0 spiro atoms. The molecule has 0 aliphatic rings. The molecule has 1 unspecified atom stereocenters. The van der Waals surface area contributed by atoms with Crippen molar-refractivity contribution in [2.24, 2.45) is 5.73 Å². The summed E-state index contributed by atoms with van der Waals surface area (Å²) in [6, 6.07) is -0.0469. The molecular formula is C9H21N3O. The first-order valence-electron chi connectivity index (χ1n) is 4.57. The molecule has 0 aromatic heterocycles. The second-order valence-electron chi connectivity index (χ2n) is 3.80. The standard InChI is InChI=1S/C9H21N3O/c1-8(10)7-9(13)12(4)6-5-11(2)3/h8H,5-7,10H2,1-4H3. The lowest BCUT2D eigenvalue weighted by molar-refractivity contribution is -0.130. The molecule has 0 saturated heterocycles. The Morgan fingerprint density at radius 1 is 1.31 bits per heavy atom. The van der Waals surface area contributed by atoms with Gasteiger partial charge >= 0.3 is 0 Å². The Kier molecular flexibility index (Phi) is 5.66. The first-order chi connectivity index (χ1) is 5.93. The van der Waals surface area contributed by atoms with Gasteiger partial charge in [0.25, 0.3) is 0 Å². The third-order valence-corrected chi connectivity index (χ3v) is 1.80. The monoisotopic (exact) mass is 187 g/mol. The number of nitrogens with zero attached hydrogens (tertiary/aromatic N) is 2. The van der Waals surface area contributed by atoms with Gasteiger partial charge in [-0.05, 0) is 21.0 Å². The highest BCUT2D eigenvalue weighted by Crippen LogP contribution is 1.94. The van der Waals surface area contributed by atoms with Crippen molar-refractivity contribution >= 4 is 5.91 Å². The van der Waals surface area contributed by atoms with Crippen molar-refractivity contribution < 1.29 is 4.79 Å². The molecule has 0 aliphatic carbocycles. The Hall–Kier alpha value is -0.610. The number of carbonyl (C=O) groups excluding carboxylic acids is 1. The number of nitrogens with two attached hydrogens (primary N) is 1. The van der Waals surface area contributed by atoms with E-state index < -0.39 is 0 Å². The van der Waals surface area contributed by atoms with Crippen LogP contribution >= 0.6 is 0 Å². The number of amides is 1. The van der Waals surface area contributed by atoms with Gasteiger partial charge in [0.1, 0.15) is 0 Å². The minimum atomic E-state index is -0.0469. The molecule has 0 saturated carbocycles. The molecule has 0 aromatic rings. The van der Waals surface area contributed by atoms with Crippen LogP contribution in [-0.4, -0.2) is 56.0 Å². The lowest BCUT2D eigenvalue weighted by Gasteiger charge is -2.20. The van der Waals surface area contributed by atoms with E-state index in [0.717, 1.165) is 13.1 Å². The predicted molar refractivity (Wildman–Crippen MR) is 54.5 cm³/mol. The van der Waals surface area contributed by atoms with Crippen LogP contribution in [0.15, 0.2) is 0 Å². The minimum Gasteiger partial charge on any atom is -0.344 e. The minimum absolute atomic E-state index is 0.0469. The summed E-state index contributed by atoms with van der Waals surface area (Å²) >= 11 is 0. The van der Waals surface area contributed by atoms with Crippen LogP contribution in [0, 0.1) is 0 Å². The van der Waals surface area contributed by atoms with Gasteiger partial charge in [-0.2, -0.15) is 0 Å². The maximum absolute atomic E-state index is 11.4. The van der Waals surface area contributed by atoms with Gasteiger partial charge in [-0.25, -0.2) is 0 Å². The van der Waals surface area contributed by atoms with E-state index in [0.29, 0.717) is 6.42 Å². The zero-order valence-electron chi connectivity index (χ0n) is 9.08. The fraction of sp³-hybridized carbons (Fsp3) is 0.889. The topological polar surface area (TPSA) is 49.6 Å². The number of hydrogen-bond donors (Lipinski definition) is 1. The Bertz CT molecular complexity index is 157. The Morgan fingerprint density at radius 3 is 2.23 bits per heavy atom. The fourth-order valence-corrected chi connectivity index (χ4v) is 0.906. The molecule has 13 heavy (non-hydrogen) atoms. The van der Waals surface area contributed by atoms with Crippen molar-refractivity contribution in [1.29, 1.82) is 0 Å². The number of rotatable bonds is 5. The predicted octanol–water partition coefficient (Wildman–Crippen LogP) is -0.256. The average molecular weight is 187 g/mol. The van der Waals surface area contributed by atoms with E-state index in [2.05, 4.69) is 4.90 Å². The van der Waals surface area contributed by atoms with Crippen LogP contribution < -0.4 is 5.73 Å². The molecule has 0 heterocycles. The van der Waals surface area contributed by atoms with Crippen molar-refractivity contribution in [3.05, 3.63) is 0 Å². The smallest absolute Gasteiger partial charge is 0.223 e. The molecule has 1 amide bonds. The van der Waals surface area contributed by atoms with E-state index in [4.69, 9.17) is 5.73 Å². The first-order valence-corrected chi connectivity index (χ1v) is 4.57. The molecule has 1 atom stereocenters. The summed E-state index contributed by atoms with van der Waals surface area (Å²) in [6.45, 7) is 3.50. The Morgan fingerprint density at radius 2 is 1.85 bits per heavy atom. The van der Waals surface area contributed by atoms with E-state index in [1.54, 1.807) is 4.90 Å². The van der Waals surface area contributed by atoms with Gasteiger partial charge in [-0.3, -0.25) is 4.79 Å². The quantitative estimate of drug-likeness (QED) is 0.645. The maximum atomic E-state index is 11.4. The molecule has 0 rings (SSSR count). The summed E-state index contributed by atoms with van der Waals surface area (Å²) in [5.41, 5.74) is 5.53.